The highest BCUT2D eigenvalue weighted by molar-refractivity contribution is 7.92. The van der Waals surface area contributed by atoms with Gasteiger partial charge in [0.2, 0.25) is 0 Å². The average molecular weight is 351 g/mol. The first-order valence-corrected chi connectivity index (χ1v) is 8.89. The molecule has 120 valence electrons. The molecule has 2 heterocycles. The Bertz CT molecular complexity index is 982. The van der Waals surface area contributed by atoms with E-state index in [1.807, 2.05) is 13.0 Å². The lowest BCUT2D eigenvalue weighted by Gasteiger charge is -2.10. The molecule has 0 amide bonds. The highest BCUT2D eigenvalue weighted by Gasteiger charge is 2.17. The molecule has 2 aromatic heterocycles. The Balaban J connectivity index is 2.03. The van der Waals surface area contributed by atoms with Gasteiger partial charge in [0.1, 0.15) is 5.82 Å². The fourth-order valence-corrected chi connectivity index (χ4v) is 3.42. The number of nitrogens with one attached hydrogen (secondary N) is 1. The molecule has 3 aromatic rings. The lowest BCUT2D eigenvalue weighted by atomic mass is 10.2. The summed E-state index contributed by atoms with van der Waals surface area (Å²) in [5.74, 6) is 0.335. The van der Waals surface area contributed by atoms with Crippen molar-refractivity contribution in [3.05, 3.63) is 52.8 Å². The Morgan fingerprint density at radius 3 is 2.74 bits per heavy atom. The van der Waals surface area contributed by atoms with Crippen LogP contribution in [0.2, 0.25) is 5.02 Å². The zero-order chi connectivity index (χ0) is 16.6. The molecule has 8 heteroatoms. The number of hydrogen-bond acceptors (Lipinski definition) is 4. The molecule has 1 N–H and O–H groups in total. The van der Waals surface area contributed by atoms with Crippen LogP contribution in [0.25, 0.3) is 5.65 Å². The van der Waals surface area contributed by atoms with Crippen molar-refractivity contribution in [1.82, 2.24) is 14.6 Å². The largest absolute Gasteiger partial charge is 0.263 e. The number of nitrogens with zero attached hydrogens (tertiary/aromatic N) is 3. The number of fused-ring (bicyclic) bond motifs is 1. The number of benzene rings is 1. The highest BCUT2D eigenvalue weighted by Crippen LogP contribution is 2.22. The van der Waals surface area contributed by atoms with E-state index in [0.717, 1.165) is 12.1 Å². The fraction of sp³-hybridized carbons (Fsp3) is 0.200. The van der Waals surface area contributed by atoms with E-state index in [1.165, 1.54) is 16.6 Å². The summed E-state index contributed by atoms with van der Waals surface area (Å²) in [4.78, 5) is 4.33. The minimum absolute atomic E-state index is 0.146. The molecule has 0 radical (unpaired) electrons. The smallest absolute Gasteiger partial charge is 0.263 e. The molecule has 0 saturated carbocycles. The minimum Gasteiger partial charge on any atom is -0.263 e. The van der Waals surface area contributed by atoms with Crippen molar-refractivity contribution in [2.45, 2.75) is 25.2 Å². The molecule has 0 aliphatic heterocycles. The van der Waals surface area contributed by atoms with Gasteiger partial charge in [-0.3, -0.25) is 4.72 Å². The maximum atomic E-state index is 12.6. The second kappa shape index (κ2) is 5.82. The first-order chi connectivity index (χ1) is 10.9. The monoisotopic (exact) mass is 350 g/mol. The summed E-state index contributed by atoms with van der Waals surface area (Å²) < 4.78 is 29.2. The zero-order valence-corrected chi connectivity index (χ0v) is 14.2. The lowest BCUT2D eigenvalue weighted by Crippen LogP contribution is -2.16. The van der Waals surface area contributed by atoms with E-state index in [4.69, 9.17) is 11.6 Å². The van der Waals surface area contributed by atoms with Gasteiger partial charge in [0, 0.05) is 17.3 Å². The van der Waals surface area contributed by atoms with E-state index in [2.05, 4.69) is 14.8 Å². The quantitative estimate of drug-likeness (QED) is 0.784. The fourth-order valence-electron chi connectivity index (χ4n) is 2.17. The van der Waals surface area contributed by atoms with Crippen LogP contribution in [0.5, 0.6) is 0 Å². The molecule has 0 aliphatic rings. The molecule has 1 aromatic carbocycles. The van der Waals surface area contributed by atoms with Crippen molar-refractivity contribution in [2.75, 3.05) is 4.72 Å². The molecule has 0 spiro atoms. The first kappa shape index (κ1) is 15.8. The molecular weight excluding hydrogens is 336 g/mol. The Hall–Kier alpha value is -2.12. The summed E-state index contributed by atoms with van der Waals surface area (Å²) >= 11 is 5.95. The number of rotatable bonds is 4. The van der Waals surface area contributed by atoms with Crippen LogP contribution in [0, 0.1) is 6.92 Å². The second-order valence-electron chi connectivity index (χ2n) is 5.11. The standard InChI is InChI=1S/C15H15ClN4O2S/c1-3-11-9-15-17-7-6-14(20(15)18-11)19-23(21,22)12-4-5-13(16)10(2)8-12/h4-9,19H,3H2,1-2H3. The van der Waals surface area contributed by atoms with Gasteiger partial charge in [-0.25, -0.2) is 13.4 Å². The third-order valence-corrected chi connectivity index (χ3v) is 5.23. The Morgan fingerprint density at radius 2 is 2.04 bits per heavy atom. The van der Waals surface area contributed by atoms with E-state index in [9.17, 15) is 8.42 Å². The first-order valence-electron chi connectivity index (χ1n) is 7.03. The van der Waals surface area contributed by atoms with Crippen LogP contribution in [-0.2, 0) is 16.4 Å². The molecule has 0 aliphatic carbocycles. The van der Waals surface area contributed by atoms with E-state index in [-0.39, 0.29) is 4.90 Å². The Labute approximate surface area is 139 Å². The highest BCUT2D eigenvalue weighted by atomic mass is 35.5. The molecule has 3 rings (SSSR count). The molecule has 0 saturated heterocycles. The average Bonchev–Trinajstić information content (AvgIpc) is 2.94. The van der Waals surface area contributed by atoms with Gasteiger partial charge in [0.25, 0.3) is 10.0 Å². The van der Waals surface area contributed by atoms with Gasteiger partial charge >= 0.3 is 0 Å². The topological polar surface area (TPSA) is 76.4 Å². The molecule has 0 unspecified atom stereocenters. The number of anilines is 1. The summed E-state index contributed by atoms with van der Waals surface area (Å²) in [5.41, 5.74) is 2.13. The van der Waals surface area contributed by atoms with Crippen LogP contribution in [-0.4, -0.2) is 23.0 Å². The number of halogens is 1. The number of hydrogen-bond donors (Lipinski definition) is 1. The van der Waals surface area contributed by atoms with Crippen molar-refractivity contribution in [2.24, 2.45) is 0 Å². The molecule has 23 heavy (non-hydrogen) atoms. The van der Waals surface area contributed by atoms with Crippen molar-refractivity contribution >= 4 is 33.1 Å². The lowest BCUT2D eigenvalue weighted by molar-refractivity contribution is 0.600. The third kappa shape index (κ3) is 3.02. The predicted molar refractivity (Wildman–Crippen MR) is 89.4 cm³/mol. The minimum atomic E-state index is -3.74. The van der Waals surface area contributed by atoms with Gasteiger partial charge in [0.05, 0.1) is 10.6 Å². The summed E-state index contributed by atoms with van der Waals surface area (Å²) in [6.07, 6.45) is 2.29. The van der Waals surface area contributed by atoms with Crippen molar-refractivity contribution in [3.63, 3.8) is 0 Å². The predicted octanol–water partition coefficient (Wildman–Crippen LogP) is 3.05. The third-order valence-electron chi connectivity index (χ3n) is 3.45. The maximum absolute atomic E-state index is 12.6. The molecule has 0 bridgehead atoms. The number of aromatic nitrogens is 3. The Morgan fingerprint density at radius 1 is 1.26 bits per heavy atom. The number of sulfonamides is 1. The maximum Gasteiger partial charge on any atom is 0.263 e. The van der Waals surface area contributed by atoms with Crippen molar-refractivity contribution in [1.29, 1.82) is 0 Å². The SMILES string of the molecule is CCc1cc2nccc(NS(=O)(=O)c3ccc(Cl)c(C)c3)n2n1. The van der Waals surface area contributed by atoms with Gasteiger partial charge in [-0.2, -0.15) is 9.61 Å². The van der Waals surface area contributed by atoms with Crippen LogP contribution in [0.3, 0.4) is 0 Å². The van der Waals surface area contributed by atoms with E-state index in [0.29, 0.717) is 22.1 Å². The van der Waals surface area contributed by atoms with Gasteiger partial charge in [-0.1, -0.05) is 18.5 Å². The van der Waals surface area contributed by atoms with Gasteiger partial charge < -0.3 is 0 Å². The van der Waals surface area contributed by atoms with Crippen LogP contribution in [0.15, 0.2) is 41.4 Å². The summed E-state index contributed by atoms with van der Waals surface area (Å²) in [6.45, 7) is 3.73. The van der Waals surface area contributed by atoms with Crippen LogP contribution in [0.1, 0.15) is 18.2 Å². The van der Waals surface area contributed by atoms with E-state index in [1.54, 1.807) is 25.3 Å². The molecule has 6 nitrogen and oxygen atoms in total. The van der Waals surface area contributed by atoms with Gasteiger partial charge in [-0.05, 0) is 43.2 Å². The number of aryl methyl sites for hydroxylation is 2. The Kier molecular flexibility index (Phi) is 3.99. The normalized spacial score (nSPS) is 11.8. The van der Waals surface area contributed by atoms with Crippen LogP contribution < -0.4 is 4.72 Å². The van der Waals surface area contributed by atoms with Gasteiger partial charge in [-0.15, -0.1) is 0 Å². The molecule has 0 atom stereocenters. The van der Waals surface area contributed by atoms with Crippen LogP contribution in [0.4, 0.5) is 5.82 Å². The molecular formula is C15H15ClN4O2S. The van der Waals surface area contributed by atoms with E-state index < -0.39 is 10.0 Å². The van der Waals surface area contributed by atoms with Crippen molar-refractivity contribution in [3.8, 4) is 0 Å². The summed E-state index contributed by atoms with van der Waals surface area (Å²) in [7, 11) is -3.74. The van der Waals surface area contributed by atoms with Gasteiger partial charge in [0.15, 0.2) is 5.65 Å². The summed E-state index contributed by atoms with van der Waals surface area (Å²) in [5, 5.41) is 4.87. The molecule has 0 fully saturated rings. The second-order valence-corrected chi connectivity index (χ2v) is 7.20. The van der Waals surface area contributed by atoms with E-state index >= 15 is 0 Å². The van der Waals surface area contributed by atoms with Crippen LogP contribution >= 0.6 is 11.6 Å². The van der Waals surface area contributed by atoms with Crippen molar-refractivity contribution < 1.29 is 8.42 Å². The zero-order valence-electron chi connectivity index (χ0n) is 12.6. The summed E-state index contributed by atoms with van der Waals surface area (Å²) in [6, 6.07) is 7.96.